The van der Waals surface area contributed by atoms with Crippen LogP contribution in [0.2, 0.25) is 5.02 Å². The molecule has 1 aliphatic heterocycles. The average Bonchev–Trinajstić information content (AvgIpc) is 2.67. The molecule has 0 aromatic heterocycles. The number of aryl methyl sites for hydroxylation is 1. The molecular formula is C19H17ClF3N3O3. The van der Waals surface area contributed by atoms with Crippen LogP contribution in [-0.4, -0.2) is 41.4 Å². The molecule has 1 saturated heterocycles. The summed E-state index contributed by atoms with van der Waals surface area (Å²) < 4.78 is 42.2. The Labute approximate surface area is 169 Å². The standard InChI is InChI=1S/C19H17ClF3N3O3/c1-10-7-16(14(21)8-15(10)26(28)29)24-5-6-25(11(2)9-24)19(27)12-3-4-13(20)18(23)17(12)22/h3-4,7-8,11H,5-6,9H2,1-2H3. The second-order valence-electron chi connectivity index (χ2n) is 6.86. The highest BCUT2D eigenvalue weighted by Crippen LogP contribution is 2.30. The predicted octanol–water partition coefficient (Wildman–Crippen LogP) is 4.32. The van der Waals surface area contributed by atoms with E-state index in [4.69, 9.17) is 11.6 Å². The zero-order valence-electron chi connectivity index (χ0n) is 15.6. The minimum Gasteiger partial charge on any atom is -0.365 e. The highest BCUT2D eigenvalue weighted by molar-refractivity contribution is 6.30. The van der Waals surface area contributed by atoms with Gasteiger partial charge < -0.3 is 9.80 Å². The van der Waals surface area contributed by atoms with Gasteiger partial charge in [-0.25, -0.2) is 13.2 Å². The van der Waals surface area contributed by atoms with E-state index in [2.05, 4.69) is 0 Å². The van der Waals surface area contributed by atoms with Crippen LogP contribution < -0.4 is 4.90 Å². The molecule has 3 rings (SSSR count). The van der Waals surface area contributed by atoms with Gasteiger partial charge in [-0.2, -0.15) is 0 Å². The third kappa shape index (κ3) is 3.87. The number of amides is 1. The molecular weight excluding hydrogens is 411 g/mol. The van der Waals surface area contributed by atoms with Crippen LogP contribution in [0.1, 0.15) is 22.8 Å². The molecule has 1 fully saturated rings. The summed E-state index contributed by atoms with van der Waals surface area (Å²) in [5.41, 5.74) is -0.232. The van der Waals surface area contributed by atoms with Gasteiger partial charge in [0.25, 0.3) is 11.6 Å². The van der Waals surface area contributed by atoms with E-state index < -0.39 is 44.9 Å². The summed E-state index contributed by atoms with van der Waals surface area (Å²) in [6.45, 7) is 3.80. The lowest BCUT2D eigenvalue weighted by Gasteiger charge is -2.41. The monoisotopic (exact) mass is 427 g/mol. The maximum atomic E-state index is 14.4. The topological polar surface area (TPSA) is 66.7 Å². The number of anilines is 1. The summed E-state index contributed by atoms with van der Waals surface area (Å²) in [6, 6.07) is 4.07. The predicted molar refractivity (Wildman–Crippen MR) is 102 cm³/mol. The summed E-state index contributed by atoms with van der Waals surface area (Å²) in [5, 5.41) is 10.5. The molecule has 154 valence electrons. The lowest BCUT2D eigenvalue weighted by molar-refractivity contribution is -0.385. The Balaban J connectivity index is 1.81. The molecule has 2 aromatic carbocycles. The van der Waals surface area contributed by atoms with E-state index in [-0.39, 0.29) is 31.0 Å². The van der Waals surface area contributed by atoms with Crippen molar-refractivity contribution in [2.75, 3.05) is 24.5 Å². The van der Waals surface area contributed by atoms with Gasteiger partial charge in [0.05, 0.1) is 27.3 Å². The first kappa shape index (κ1) is 20.9. The van der Waals surface area contributed by atoms with Crippen molar-refractivity contribution in [3.63, 3.8) is 0 Å². The second-order valence-corrected chi connectivity index (χ2v) is 7.27. The number of rotatable bonds is 3. The molecule has 0 bridgehead atoms. The van der Waals surface area contributed by atoms with Crippen LogP contribution in [0.3, 0.4) is 0 Å². The molecule has 1 atom stereocenters. The fraction of sp³-hybridized carbons (Fsp3) is 0.316. The molecule has 0 radical (unpaired) electrons. The molecule has 29 heavy (non-hydrogen) atoms. The maximum Gasteiger partial charge on any atom is 0.275 e. The molecule has 6 nitrogen and oxygen atoms in total. The van der Waals surface area contributed by atoms with Crippen LogP contribution in [0, 0.1) is 34.5 Å². The highest BCUT2D eigenvalue weighted by atomic mass is 35.5. The fourth-order valence-electron chi connectivity index (χ4n) is 3.42. The fourth-order valence-corrected chi connectivity index (χ4v) is 3.56. The van der Waals surface area contributed by atoms with Gasteiger partial charge in [-0.15, -0.1) is 0 Å². The molecule has 0 spiro atoms. The SMILES string of the molecule is Cc1cc(N2CCN(C(=O)c3ccc(Cl)c(F)c3F)C(C)C2)c(F)cc1[N+](=O)[O-]. The van der Waals surface area contributed by atoms with Crippen LogP contribution in [0.25, 0.3) is 0 Å². The lowest BCUT2D eigenvalue weighted by Crippen LogP contribution is -2.54. The van der Waals surface area contributed by atoms with Crippen molar-refractivity contribution >= 4 is 28.9 Å². The Morgan fingerprint density at radius 2 is 1.90 bits per heavy atom. The first-order valence-electron chi connectivity index (χ1n) is 8.75. The molecule has 1 unspecified atom stereocenters. The normalized spacial score (nSPS) is 16.8. The van der Waals surface area contributed by atoms with E-state index in [0.717, 1.165) is 18.2 Å². The van der Waals surface area contributed by atoms with Crippen molar-refractivity contribution in [3.8, 4) is 0 Å². The van der Waals surface area contributed by atoms with Gasteiger partial charge in [0, 0.05) is 31.2 Å². The average molecular weight is 428 g/mol. The number of hydrogen-bond acceptors (Lipinski definition) is 4. The van der Waals surface area contributed by atoms with E-state index in [1.54, 1.807) is 11.8 Å². The van der Waals surface area contributed by atoms with Crippen molar-refractivity contribution in [2.24, 2.45) is 0 Å². The first-order valence-corrected chi connectivity index (χ1v) is 9.13. The summed E-state index contributed by atoms with van der Waals surface area (Å²) in [7, 11) is 0. The van der Waals surface area contributed by atoms with Gasteiger partial charge in [0.1, 0.15) is 0 Å². The summed E-state index contributed by atoms with van der Waals surface area (Å²) in [4.78, 5) is 26.0. The Kier molecular flexibility index (Phi) is 5.70. The van der Waals surface area contributed by atoms with Gasteiger partial charge in [0.15, 0.2) is 17.5 Å². The molecule has 1 heterocycles. The molecule has 0 N–H and O–H groups in total. The quantitative estimate of drug-likeness (QED) is 0.415. The number of benzene rings is 2. The number of nitro benzene ring substituents is 1. The summed E-state index contributed by atoms with van der Waals surface area (Å²) in [6.07, 6.45) is 0. The van der Waals surface area contributed by atoms with Crippen LogP contribution in [0.4, 0.5) is 24.5 Å². The number of carbonyl (C=O) groups is 1. The second kappa shape index (κ2) is 7.90. The van der Waals surface area contributed by atoms with E-state index in [0.29, 0.717) is 5.56 Å². The Bertz CT molecular complexity index is 1000. The van der Waals surface area contributed by atoms with Gasteiger partial charge in [-0.3, -0.25) is 14.9 Å². The van der Waals surface area contributed by atoms with Crippen molar-refractivity contribution in [3.05, 3.63) is 68.0 Å². The lowest BCUT2D eigenvalue weighted by atomic mass is 10.1. The molecule has 0 saturated carbocycles. The highest BCUT2D eigenvalue weighted by Gasteiger charge is 2.32. The minimum atomic E-state index is -1.31. The Hall–Kier alpha value is -2.81. The third-order valence-electron chi connectivity index (χ3n) is 4.96. The number of piperazine rings is 1. The van der Waals surface area contributed by atoms with E-state index in [1.807, 2.05) is 0 Å². The van der Waals surface area contributed by atoms with Crippen molar-refractivity contribution in [2.45, 2.75) is 19.9 Å². The van der Waals surface area contributed by atoms with E-state index >= 15 is 0 Å². The van der Waals surface area contributed by atoms with Gasteiger partial charge in [-0.05, 0) is 32.0 Å². The maximum absolute atomic E-state index is 14.4. The zero-order valence-corrected chi connectivity index (χ0v) is 16.3. The molecule has 10 heteroatoms. The number of hydrogen-bond donors (Lipinski definition) is 0. The van der Waals surface area contributed by atoms with Gasteiger partial charge in [-0.1, -0.05) is 11.6 Å². The van der Waals surface area contributed by atoms with Crippen LogP contribution in [0.5, 0.6) is 0 Å². The Morgan fingerprint density at radius 1 is 1.21 bits per heavy atom. The number of carbonyl (C=O) groups excluding carboxylic acids is 1. The molecule has 0 aliphatic carbocycles. The molecule has 1 amide bonds. The van der Waals surface area contributed by atoms with E-state index in [1.165, 1.54) is 17.9 Å². The zero-order chi connectivity index (χ0) is 21.5. The molecule has 2 aromatic rings. The number of halogens is 4. The first-order chi connectivity index (χ1) is 13.6. The Morgan fingerprint density at radius 3 is 2.52 bits per heavy atom. The minimum absolute atomic E-state index is 0.138. The number of nitro groups is 1. The van der Waals surface area contributed by atoms with Gasteiger partial charge in [0.2, 0.25) is 0 Å². The summed E-state index contributed by atoms with van der Waals surface area (Å²) in [5.74, 6) is -4.02. The van der Waals surface area contributed by atoms with Crippen LogP contribution >= 0.6 is 11.6 Å². The third-order valence-corrected chi connectivity index (χ3v) is 5.25. The van der Waals surface area contributed by atoms with Crippen LogP contribution in [-0.2, 0) is 0 Å². The van der Waals surface area contributed by atoms with Gasteiger partial charge >= 0.3 is 0 Å². The van der Waals surface area contributed by atoms with Crippen LogP contribution in [0.15, 0.2) is 24.3 Å². The van der Waals surface area contributed by atoms with Crippen molar-refractivity contribution < 1.29 is 22.9 Å². The smallest absolute Gasteiger partial charge is 0.275 e. The van der Waals surface area contributed by atoms with Crippen molar-refractivity contribution in [1.29, 1.82) is 0 Å². The molecule has 1 aliphatic rings. The number of nitrogens with zero attached hydrogens (tertiary/aromatic N) is 3. The summed E-state index contributed by atoms with van der Waals surface area (Å²) >= 11 is 5.53. The van der Waals surface area contributed by atoms with Crippen molar-refractivity contribution in [1.82, 2.24) is 4.90 Å². The largest absolute Gasteiger partial charge is 0.365 e. The van der Waals surface area contributed by atoms with E-state index in [9.17, 15) is 28.1 Å².